The summed E-state index contributed by atoms with van der Waals surface area (Å²) in [6.07, 6.45) is 4.85. The van der Waals surface area contributed by atoms with Crippen molar-refractivity contribution in [3.63, 3.8) is 0 Å². The molecule has 0 saturated carbocycles. The molecule has 12 heteroatoms. The Balaban J connectivity index is 1.85. The van der Waals surface area contributed by atoms with Crippen molar-refractivity contribution in [3.8, 4) is 5.75 Å². The first-order chi connectivity index (χ1) is 15.0. The van der Waals surface area contributed by atoms with Gasteiger partial charge in [-0.1, -0.05) is 18.2 Å². The van der Waals surface area contributed by atoms with Crippen LogP contribution in [0.15, 0.2) is 59.6 Å². The Morgan fingerprint density at radius 3 is 2.59 bits per heavy atom. The van der Waals surface area contributed by atoms with Crippen LogP contribution in [0.5, 0.6) is 5.75 Å². The number of nitrogens with zero attached hydrogens (tertiary/aromatic N) is 3. The number of anilines is 1. The molecule has 2 aliphatic heterocycles. The minimum absolute atomic E-state index is 0.0186. The third-order valence-electron chi connectivity index (χ3n) is 4.70. The third-order valence-corrected chi connectivity index (χ3v) is 5.89. The average Bonchev–Trinajstić information content (AvgIpc) is 3.16. The van der Waals surface area contributed by atoms with Gasteiger partial charge in [0.25, 0.3) is 16.0 Å². The molecule has 3 rings (SSSR count). The quantitative estimate of drug-likeness (QED) is 0.338. The highest BCUT2D eigenvalue weighted by atomic mass is 32.2. The van der Waals surface area contributed by atoms with Crippen LogP contribution in [0.3, 0.4) is 0 Å². The second kappa shape index (κ2) is 9.10. The van der Waals surface area contributed by atoms with E-state index in [1.54, 1.807) is 61.4 Å². The largest absolute Gasteiger partial charge is 0.480 e. The van der Waals surface area contributed by atoms with Crippen molar-refractivity contribution in [2.24, 2.45) is 0 Å². The van der Waals surface area contributed by atoms with E-state index in [4.69, 9.17) is 26.6 Å². The zero-order chi connectivity index (χ0) is 23.6. The summed E-state index contributed by atoms with van der Waals surface area (Å²) in [5.74, 6) is -1.28. The Morgan fingerprint density at radius 1 is 1.25 bits per heavy atom. The van der Waals surface area contributed by atoms with E-state index in [0.717, 1.165) is 4.90 Å². The highest BCUT2D eigenvalue weighted by Gasteiger charge is 2.36. The molecule has 1 aromatic rings. The van der Waals surface area contributed by atoms with Gasteiger partial charge in [-0.05, 0) is 49.0 Å². The fourth-order valence-corrected chi connectivity index (χ4v) is 3.83. The molecular formula is C20H21N3O7S2. The minimum Gasteiger partial charge on any atom is -0.480 e. The number of ether oxygens (including phenoxy) is 1. The van der Waals surface area contributed by atoms with Crippen molar-refractivity contribution in [3.05, 3.63) is 59.6 Å². The Hall–Kier alpha value is -3.22. The molecule has 2 aliphatic rings. The highest BCUT2D eigenvalue weighted by Crippen LogP contribution is 2.38. The number of benzene rings is 1. The number of amides is 1. The van der Waals surface area contributed by atoms with Crippen LogP contribution in [0.25, 0.3) is 0 Å². The summed E-state index contributed by atoms with van der Waals surface area (Å²) in [6.45, 7) is 1.19. The molecule has 32 heavy (non-hydrogen) atoms. The second-order valence-electron chi connectivity index (χ2n) is 7.08. The lowest BCUT2D eigenvalue weighted by molar-refractivity contribution is -0.140. The summed E-state index contributed by atoms with van der Waals surface area (Å²) in [7, 11) is -2.59. The number of carbonyl (C=O) groups is 2. The number of hydrogen-bond donors (Lipinski definition) is 2. The summed E-state index contributed by atoms with van der Waals surface area (Å²) in [5, 5.41) is 9.08. The molecule has 0 atom stereocenters. The van der Waals surface area contributed by atoms with Gasteiger partial charge in [-0.2, -0.15) is 8.42 Å². The van der Waals surface area contributed by atoms with Gasteiger partial charge in [0.05, 0.1) is 11.4 Å². The fraction of sp³-hybridized carbons (Fsp3) is 0.250. The molecule has 1 saturated heterocycles. The van der Waals surface area contributed by atoms with Gasteiger partial charge in [-0.3, -0.25) is 19.0 Å². The van der Waals surface area contributed by atoms with E-state index in [-0.39, 0.29) is 17.4 Å². The maximum atomic E-state index is 12.5. The SMILES string of the molecule is CC(=CC=C1Oc2ccccc2N1CCS(=O)(=O)O)C=C1C(=O)N(CC(=O)O)C(=S)N1C. The fourth-order valence-electron chi connectivity index (χ4n) is 3.17. The van der Waals surface area contributed by atoms with Crippen molar-refractivity contribution in [1.82, 2.24) is 9.80 Å². The standard InChI is InChI=1S/C20H21N3O7S2/c1-13(11-15-19(26)23(12-18(24)25)20(31)21(15)2)7-8-17-22(9-10-32(27,28)29)14-5-3-4-6-16(14)30-17/h3-8,11H,9-10,12H2,1-2H3,(H,24,25)(H,27,28,29). The molecule has 0 aromatic heterocycles. The lowest BCUT2D eigenvalue weighted by Crippen LogP contribution is -2.35. The lowest BCUT2D eigenvalue weighted by Gasteiger charge is -2.17. The molecule has 2 N–H and O–H groups in total. The van der Waals surface area contributed by atoms with Crippen LogP contribution in [-0.4, -0.2) is 70.8 Å². The number of hydrogen-bond acceptors (Lipinski definition) is 7. The average molecular weight is 480 g/mol. The van der Waals surface area contributed by atoms with Gasteiger partial charge in [0.2, 0.25) is 5.88 Å². The van der Waals surface area contributed by atoms with Crippen LogP contribution in [0.1, 0.15) is 6.92 Å². The first-order valence-corrected chi connectivity index (χ1v) is 11.4. The molecule has 2 heterocycles. The molecule has 1 amide bonds. The van der Waals surface area contributed by atoms with Crippen molar-refractivity contribution in [2.75, 3.05) is 30.8 Å². The first kappa shape index (κ1) is 23.4. The molecule has 1 fully saturated rings. The van der Waals surface area contributed by atoms with Gasteiger partial charge in [0.1, 0.15) is 12.2 Å². The number of carboxylic acids is 1. The van der Waals surface area contributed by atoms with E-state index in [0.29, 0.717) is 22.9 Å². The zero-order valence-corrected chi connectivity index (χ0v) is 18.9. The predicted octanol–water partition coefficient (Wildman–Crippen LogP) is 1.59. The Kier molecular flexibility index (Phi) is 6.67. The summed E-state index contributed by atoms with van der Waals surface area (Å²) < 4.78 is 37.3. The maximum absolute atomic E-state index is 12.5. The molecule has 0 spiro atoms. The molecule has 0 unspecified atom stereocenters. The number of likely N-dealkylation sites (N-methyl/N-ethyl adjacent to an activating group) is 1. The molecular weight excluding hydrogens is 458 g/mol. The van der Waals surface area contributed by atoms with E-state index < -0.39 is 34.3 Å². The predicted molar refractivity (Wildman–Crippen MR) is 120 cm³/mol. The van der Waals surface area contributed by atoms with Crippen LogP contribution in [0, 0.1) is 0 Å². The Bertz CT molecular complexity index is 1170. The van der Waals surface area contributed by atoms with E-state index in [2.05, 4.69) is 0 Å². The van der Waals surface area contributed by atoms with Gasteiger partial charge in [-0.25, -0.2) is 0 Å². The number of carbonyl (C=O) groups excluding carboxylic acids is 1. The summed E-state index contributed by atoms with van der Waals surface area (Å²) in [6, 6.07) is 7.06. The summed E-state index contributed by atoms with van der Waals surface area (Å²) >= 11 is 5.15. The number of aliphatic carboxylic acids is 1. The first-order valence-electron chi connectivity index (χ1n) is 9.39. The van der Waals surface area contributed by atoms with Crippen molar-refractivity contribution in [2.45, 2.75) is 6.92 Å². The van der Waals surface area contributed by atoms with E-state index in [1.807, 2.05) is 0 Å². The van der Waals surface area contributed by atoms with Crippen molar-refractivity contribution < 1.29 is 32.4 Å². The van der Waals surface area contributed by atoms with Crippen LogP contribution >= 0.6 is 12.2 Å². The minimum atomic E-state index is -4.17. The number of para-hydroxylation sites is 2. The zero-order valence-electron chi connectivity index (χ0n) is 17.3. The van der Waals surface area contributed by atoms with Gasteiger partial charge >= 0.3 is 5.97 Å². The molecule has 0 bridgehead atoms. The molecule has 1 aromatic carbocycles. The van der Waals surface area contributed by atoms with Crippen LogP contribution in [-0.2, 0) is 19.7 Å². The van der Waals surface area contributed by atoms with E-state index in [1.165, 1.54) is 4.90 Å². The maximum Gasteiger partial charge on any atom is 0.323 e. The van der Waals surface area contributed by atoms with Crippen LogP contribution in [0.2, 0.25) is 0 Å². The number of fused-ring (bicyclic) bond motifs is 1. The van der Waals surface area contributed by atoms with Gasteiger partial charge < -0.3 is 19.6 Å². The smallest absolute Gasteiger partial charge is 0.323 e. The second-order valence-corrected chi connectivity index (χ2v) is 9.02. The Morgan fingerprint density at radius 2 is 1.94 bits per heavy atom. The van der Waals surface area contributed by atoms with Gasteiger partial charge in [0, 0.05) is 13.6 Å². The number of allylic oxidation sites excluding steroid dienone is 4. The number of thiocarbonyl (C=S) groups is 1. The molecule has 0 radical (unpaired) electrons. The van der Waals surface area contributed by atoms with Crippen LogP contribution in [0.4, 0.5) is 5.69 Å². The summed E-state index contributed by atoms with van der Waals surface area (Å²) in [4.78, 5) is 27.6. The third kappa shape index (κ3) is 5.15. The molecule has 0 aliphatic carbocycles. The van der Waals surface area contributed by atoms with Crippen molar-refractivity contribution in [1.29, 1.82) is 0 Å². The number of rotatable bonds is 7. The lowest BCUT2D eigenvalue weighted by atomic mass is 10.2. The van der Waals surface area contributed by atoms with E-state index in [9.17, 15) is 18.0 Å². The molecule has 10 nitrogen and oxygen atoms in total. The summed E-state index contributed by atoms with van der Waals surface area (Å²) in [5.41, 5.74) is 1.52. The topological polar surface area (TPSA) is 128 Å². The van der Waals surface area contributed by atoms with E-state index >= 15 is 0 Å². The number of carboxylic acid groups (broad SMARTS) is 1. The van der Waals surface area contributed by atoms with Gasteiger partial charge in [-0.15, -0.1) is 0 Å². The van der Waals surface area contributed by atoms with Crippen LogP contribution < -0.4 is 9.64 Å². The highest BCUT2D eigenvalue weighted by molar-refractivity contribution is 7.85. The monoisotopic (exact) mass is 479 g/mol. The normalized spacial score (nSPS) is 19.2. The Labute approximate surface area is 190 Å². The van der Waals surface area contributed by atoms with Crippen molar-refractivity contribution >= 4 is 45.0 Å². The molecule has 170 valence electrons. The van der Waals surface area contributed by atoms with Gasteiger partial charge in [0.15, 0.2) is 10.9 Å².